The molecular weight excluding hydrogens is 229 g/mol. The fraction of sp³-hybridized carbons (Fsp3) is 0.125. The molecule has 6 heteroatoms. The molecule has 0 aliphatic heterocycles. The summed E-state index contributed by atoms with van der Waals surface area (Å²) in [4.78, 5) is 20.4. The number of nitrogens with zero attached hydrogens (tertiary/aromatic N) is 1. The average molecular weight is 234 g/mol. The predicted molar refractivity (Wildman–Crippen MR) is 52.6 cm³/mol. The molecule has 0 spiro atoms. The zero-order chi connectivity index (χ0) is 10.7. The summed E-state index contributed by atoms with van der Waals surface area (Å²) in [5.74, 6) is 0. The van der Waals surface area contributed by atoms with Crippen LogP contribution in [0.15, 0.2) is 24.3 Å². The van der Waals surface area contributed by atoms with E-state index in [0.29, 0.717) is 5.56 Å². The monoisotopic (exact) mass is 233 g/mol. The van der Waals surface area contributed by atoms with E-state index in [1.54, 1.807) is 0 Å². The summed E-state index contributed by atoms with van der Waals surface area (Å²) in [5, 5.41) is 8.63. The number of non-ortho nitro benzene ring substituents is 1. The lowest BCUT2D eigenvalue weighted by molar-refractivity contribution is -0.384. The highest BCUT2D eigenvalue weighted by Gasteiger charge is 2.16. The number of halogens is 2. The molecule has 0 aliphatic rings. The van der Waals surface area contributed by atoms with Crippen LogP contribution in [0.3, 0.4) is 0 Å². The van der Waals surface area contributed by atoms with Crippen molar-refractivity contribution in [1.82, 2.24) is 0 Å². The number of alkyl halides is 1. The third kappa shape index (κ3) is 2.43. The summed E-state index contributed by atoms with van der Waals surface area (Å²) in [6, 6.07) is 5.33. The van der Waals surface area contributed by atoms with Gasteiger partial charge in [-0.2, -0.15) is 0 Å². The lowest BCUT2D eigenvalue weighted by Crippen LogP contribution is -1.98. The van der Waals surface area contributed by atoms with E-state index in [1.807, 2.05) is 0 Å². The number of nitro groups is 1. The van der Waals surface area contributed by atoms with Crippen LogP contribution in [0.4, 0.5) is 5.69 Å². The number of hydrogen-bond donors (Lipinski definition) is 0. The van der Waals surface area contributed by atoms with Crippen molar-refractivity contribution in [3.05, 3.63) is 39.9 Å². The molecule has 74 valence electrons. The second-order valence-electron chi connectivity index (χ2n) is 2.52. The molecule has 0 saturated carbocycles. The highest BCUT2D eigenvalue weighted by Crippen LogP contribution is 2.24. The van der Waals surface area contributed by atoms with E-state index in [9.17, 15) is 14.9 Å². The summed E-state index contributed by atoms with van der Waals surface area (Å²) in [6.45, 7) is 0. The van der Waals surface area contributed by atoms with Crippen molar-refractivity contribution in [3.8, 4) is 0 Å². The summed E-state index contributed by atoms with van der Waals surface area (Å²) < 4.78 is 0. The van der Waals surface area contributed by atoms with Gasteiger partial charge >= 0.3 is 0 Å². The van der Waals surface area contributed by atoms with Gasteiger partial charge in [-0.1, -0.05) is 12.1 Å². The van der Waals surface area contributed by atoms with Crippen LogP contribution in [0.5, 0.6) is 0 Å². The molecule has 0 aromatic heterocycles. The standard InChI is InChI=1S/C8H5Cl2NO3/c9-7(8(10)12)5-1-3-6(4-2-5)11(13)14/h1-4,7H. The van der Waals surface area contributed by atoms with E-state index in [0.717, 1.165) is 0 Å². The van der Waals surface area contributed by atoms with Crippen molar-refractivity contribution in [2.75, 3.05) is 0 Å². The fourth-order valence-corrected chi connectivity index (χ4v) is 1.17. The second-order valence-corrected chi connectivity index (χ2v) is 3.32. The Hall–Kier alpha value is -1.13. The SMILES string of the molecule is O=C(Cl)C(Cl)c1ccc([N+](=O)[O-])cc1. The van der Waals surface area contributed by atoms with Crippen LogP contribution in [0.25, 0.3) is 0 Å². The molecule has 0 fully saturated rings. The number of hydrogen-bond acceptors (Lipinski definition) is 3. The molecular formula is C8H5Cl2NO3. The van der Waals surface area contributed by atoms with Gasteiger partial charge in [0, 0.05) is 12.1 Å². The van der Waals surface area contributed by atoms with Gasteiger partial charge in [0.25, 0.3) is 5.69 Å². The van der Waals surface area contributed by atoms with Crippen molar-refractivity contribution in [2.45, 2.75) is 5.38 Å². The lowest BCUT2D eigenvalue weighted by atomic mass is 10.1. The van der Waals surface area contributed by atoms with Crippen molar-refractivity contribution in [3.63, 3.8) is 0 Å². The minimum atomic E-state index is -0.961. The zero-order valence-electron chi connectivity index (χ0n) is 6.81. The Labute approximate surface area is 89.6 Å². The predicted octanol–water partition coefficient (Wildman–Crippen LogP) is 2.64. The van der Waals surface area contributed by atoms with Gasteiger partial charge in [-0.05, 0) is 17.2 Å². The number of rotatable bonds is 3. The molecule has 4 nitrogen and oxygen atoms in total. The normalized spacial score (nSPS) is 12.1. The molecule has 1 aromatic carbocycles. The highest BCUT2D eigenvalue weighted by molar-refractivity contribution is 6.68. The first kappa shape index (κ1) is 10.9. The molecule has 1 rings (SSSR count). The van der Waals surface area contributed by atoms with E-state index in [4.69, 9.17) is 23.2 Å². The molecule has 1 atom stereocenters. The van der Waals surface area contributed by atoms with E-state index in [1.165, 1.54) is 24.3 Å². The molecule has 0 N–H and O–H groups in total. The molecule has 0 heterocycles. The largest absolute Gasteiger partial charge is 0.279 e. The van der Waals surface area contributed by atoms with E-state index < -0.39 is 15.5 Å². The van der Waals surface area contributed by atoms with Gasteiger partial charge in [0.1, 0.15) is 5.38 Å². The van der Waals surface area contributed by atoms with Crippen molar-refractivity contribution in [2.24, 2.45) is 0 Å². The Balaban J connectivity index is 2.94. The molecule has 1 unspecified atom stereocenters. The summed E-state index contributed by atoms with van der Waals surface area (Å²) in [7, 11) is 0. The smallest absolute Gasteiger partial charge is 0.269 e. The van der Waals surface area contributed by atoms with E-state index >= 15 is 0 Å². The van der Waals surface area contributed by atoms with Gasteiger partial charge in [-0.15, -0.1) is 11.6 Å². The third-order valence-corrected chi connectivity index (χ3v) is 2.38. The molecule has 0 bridgehead atoms. The van der Waals surface area contributed by atoms with Crippen molar-refractivity contribution in [1.29, 1.82) is 0 Å². The first-order chi connectivity index (χ1) is 6.52. The molecule has 14 heavy (non-hydrogen) atoms. The minimum absolute atomic E-state index is 0.0559. The van der Waals surface area contributed by atoms with Crippen LogP contribution in [-0.2, 0) is 4.79 Å². The maximum Gasteiger partial charge on any atom is 0.269 e. The number of carbonyl (C=O) groups excluding carboxylic acids is 1. The molecule has 0 amide bonds. The van der Waals surface area contributed by atoms with E-state index in [-0.39, 0.29) is 5.69 Å². The van der Waals surface area contributed by atoms with Crippen LogP contribution in [0.1, 0.15) is 10.9 Å². The first-order valence-electron chi connectivity index (χ1n) is 3.60. The van der Waals surface area contributed by atoms with Gasteiger partial charge < -0.3 is 0 Å². The van der Waals surface area contributed by atoms with Crippen molar-refractivity contribution < 1.29 is 9.72 Å². The van der Waals surface area contributed by atoms with Crippen LogP contribution < -0.4 is 0 Å². The molecule has 0 radical (unpaired) electrons. The second kappa shape index (κ2) is 4.39. The van der Waals surface area contributed by atoms with Crippen LogP contribution in [0, 0.1) is 10.1 Å². The van der Waals surface area contributed by atoms with Crippen molar-refractivity contribution >= 4 is 34.1 Å². The summed E-state index contributed by atoms with van der Waals surface area (Å²) in [6.07, 6.45) is 0. The van der Waals surface area contributed by atoms with Gasteiger partial charge in [0.05, 0.1) is 4.92 Å². The lowest BCUT2D eigenvalue weighted by Gasteiger charge is -2.02. The topological polar surface area (TPSA) is 60.2 Å². The Bertz CT molecular complexity index is 363. The molecule has 1 aromatic rings. The Morgan fingerprint density at radius 3 is 2.21 bits per heavy atom. The maximum atomic E-state index is 10.7. The third-order valence-electron chi connectivity index (χ3n) is 1.60. The number of carbonyl (C=O) groups is 1. The maximum absolute atomic E-state index is 10.7. The highest BCUT2D eigenvalue weighted by atomic mass is 35.5. The summed E-state index contributed by atoms with van der Waals surface area (Å²) >= 11 is 10.8. The van der Waals surface area contributed by atoms with Gasteiger partial charge in [0.2, 0.25) is 5.24 Å². The van der Waals surface area contributed by atoms with Gasteiger partial charge in [-0.25, -0.2) is 0 Å². The van der Waals surface area contributed by atoms with Gasteiger partial charge in [0.15, 0.2) is 0 Å². The quantitative estimate of drug-likeness (QED) is 0.349. The summed E-state index contributed by atoms with van der Waals surface area (Å²) in [5.41, 5.74) is 0.386. The Morgan fingerprint density at radius 1 is 1.36 bits per heavy atom. The Morgan fingerprint density at radius 2 is 1.86 bits per heavy atom. The molecule has 0 saturated heterocycles. The minimum Gasteiger partial charge on any atom is -0.279 e. The zero-order valence-corrected chi connectivity index (χ0v) is 8.33. The number of benzene rings is 1. The molecule has 0 aliphatic carbocycles. The van der Waals surface area contributed by atoms with Crippen LogP contribution >= 0.6 is 23.2 Å². The van der Waals surface area contributed by atoms with Crippen LogP contribution in [0.2, 0.25) is 0 Å². The first-order valence-corrected chi connectivity index (χ1v) is 4.41. The Kier molecular flexibility index (Phi) is 3.43. The average Bonchev–Trinajstić information content (AvgIpc) is 2.16. The fourth-order valence-electron chi connectivity index (χ4n) is 0.896. The van der Waals surface area contributed by atoms with Gasteiger partial charge in [-0.3, -0.25) is 14.9 Å². The van der Waals surface area contributed by atoms with E-state index in [2.05, 4.69) is 0 Å². The van der Waals surface area contributed by atoms with Crippen LogP contribution in [-0.4, -0.2) is 10.2 Å². The number of nitro benzene ring substituents is 1.